The van der Waals surface area contributed by atoms with E-state index in [0.717, 1.165) is 65.2 Å². The largest absolute Gasteiger partial charge is 0.493 e. The Morgan fingerprint density at radius 1 is 1.09 bits per heavy atom. The third kappa shape index (κ3) is 8.33. The summed E-state index contributed by atoms with van der Waals surface area (Å²) in [5.41, 5.74) is 4.91. The fraction of sp³-hybridized carbons (Fsp3) is 0.353. The monoisotopic (exact) mass is 598 g/mol. The molecule has 1 saturated carbocycles. The minimum atomic E-state index is -0.308. The summed E-state index contributed by atoms with van der Waals surface area (Å²) in [4.78, 5) is 31.3. The second-order valence-corrected chi connectivity index (χ2v) is 12.2. The van der Waals surface area contributed by atoms with Crippen molar-refractivity contribution in [2.75, 3.05) is 30.5 Å². The molecule has 1 aromatic heterocycles. The van der Waals surface area contributed by atoms with Crippen molar-refractivity contribution in [3.8, 4) is 5.75 Å². The fourth-order valence-corrected chi connectivity index (χ4v) is 5.62. The summed E-state index contributed by atoms with van der Waals surface area (Å²) in [6.07, 6.45) is 8.56. The van der Waals surface area contributed by atoms with Gasteiger partial charge in [-0.25, -0.2) is 0 Å². The highest BCUT2D eigenvalue weighted by molar-refractivity contribution is 7.98. The van der Waals surface area contributed by atoms with Crippen LogP contribution in [-0.4, -0.2) is 45.9 Å². The number of aromatic nitrogens is 1. The van der Waals surface area contributed by atoms with E-state index >= 15 is 0 Å². The maximum absolute atomic E-state index is 13.0. The molecule has 1 heterocycles. The highest BCUT2D eigenvalue weighted by Gasteiger charge is 2.22. The molecule has 1 fully saturated rings. The van der Waals surface area contributed by atoms with Gasteiger partial charge in [-0.2, -0.15) is 11.8 Å². The molecule has 0 aliphatic heterocycles. The molecule has 8 nitrogen and oxygen atoms in total. The number of aryl methyl sites for hydroxylation is 1. The molecule has 4 aromatic rings. The van der Waals surface area contributed by atoms with E-state index in [0.29, 0.717) is 30.1 Å². The zero-order chi connectivity index (χ0) is 30.2. The lowest BCUT2D eigenvalue weighted by molar-refractivity contribution is -0.385. The maximum atomic E-state index is 13.0. The van der Waals surface area contributed by atoms with Crippen LogP contribution in [-0.2, 0) is 13.1 Å². The second kappa shape index (κ2) is 14.5. The minimum Gasteiger partial charge on any atom is -0.493 e. The van der Waals surface area contributed by atoms with Gasteiger partial charge in [0.1, 0.15) is 5.75 Å². The Morgan fingerprint density at radius 3 is 2.63 bits per heavy atom. The third-order valence-corrected chi connectivity index (χ3v) is 8.47. The minimum absolute atomic E-state index is 0.149. The number of fused-ring (bicyclic) bond motifs is 1. The third-order valence-electron chi connectivity index (χ3n) is 7.77. The molecule has 3 aromatic carbocycles. The number of rotatable bonds is 15. The van der Waals surface area contributed by atoms with E-state index < -0.39 is 0 Å². The molecule has 1 amide bonds. The first-order chi connectivity index (χ1) is 20.9. The van der Waals surface area contributed by atoms with Crippen molar-refractivity contribution >= 4 is 39.9 Å². The van der Waals surface area contributed by atoms with Gasteiger partial charge >= 0.3 is 0 Å². The molecular weight excluding hydrogens is 560 g/mol. The van der Waals surface area contributed by atoms with E-state index in [1.54, 1.807) is 24.3 Å². The quantitative estimate of drug-likeness (QED) is 0.0853. The van der Waals surface area contributed by atoms with Crippen LogP contribution in [0.2, 0.25) is 0 Å². The van der Waals surface area contributed by atoms with Crippen LogP contribution in [0.4, 0.5) is 11.4 Å². The lowest BCUT2D eigenvalue weighted by Gasteiger charge is -2.23. The number of hydrogen-bond acceptors (Lipinski definition) is 7. The number of carbonyl (C=O) groups excluding carboxylic acids is 1. The molecule has 0 saturated heterocycles. The average molecular weight is 599 g/mol. The van der Waals surface area contributed by atoms with E-state index in [1.807, 2.05) is 61.3 Å². The molecule has 0 bridgehead atoms. The number of ether oxygens (including phenoxy) is 1. The fourth-order valence-electron chi connectivity index (χ4n) is 5.13. The van der Waals surface area contributed by atoms with E-state index in [1.165, 1.54) is 12.8 Å². The first kappa shape index (κ1) is 30.5. The maximum Gasteiger partial charge on any atom is 0.273 e. The van der Waals surface area contributed by atoms with Gasteiger partial charge in [0.05, 0.1) is 17.0 Å². The number of nitrogens with zero attached hydrogens (tertiary/aromatic N) is 3. The van der Waals surface area contributed by atoms with Crippen LogP contribution in [0.15, 0.2) is 72.9 Å². The summed E-state index contributed by atoms with van der Waals surface area (Å²) in [5.74, 6) is 2.37. The number of hydrogen-bond donors (Lipinski definition) is 1. The number of thioether (sulfide) groups is 1. The SMILES string of the molecule is CSCCCCN(Cc1cnc2c(C)c(NC(=O)c3ccc(OCC4CC4)cc3)ccc2c1)Cc1ccccc1[N+](=O)[O-]. The number of nitrogens with one attached hydrogen (secondary N) is 1. The smallest absolute Gasteiger partial charge is 0.273 e. The number of nitro benzene ring substituents is 1. The Hall–Kier alpha value is -3.95. The van der Waals surface area contributed by atoms with Gasteiger partial charge in [0.25, 0.3) is 11.6 Å². The Morgan fingerprint density at radius 2 is 1.88 bits per heavy atom. The molecule has 0 spiro atoms. The van der Waals surface area contributed by atoms with Crippen LogP contribution in [0, 0.1) is 23.0 Å². The predicted molar refractivity (Wildman–Crippen MR) is 174 cm³/mol. The summed E-state index contributed by atoms with van der Waals surface area (Å²) in [5, 5.41) is 15.6. The van der Waals surface area contributed by atoms with Gasteiger partial charge in [-0.05, 0) is 105 Å². The Bertz CT molecular complexity index is 1570. The number of nitro groups is 1. The number of benzene rings is 3. The van der Waals surface area contributed by atoms with Crippen LogP contribution in [0.25, 0.3) is 10.9 Å². The molecule has 0 atom stereocenters. The first-order valence-corrected chi connectivity index (χ1v) is 16.2. The molecule has 43 heavy (non-hydrogen) atoms. The molecule has 1 N–H and O–H groups in total. The molecule has 5 rings (SSSR count). The molecule has 1 aliphatic rings. The van der Waals surface area contributed by atoms with Gasteiger partial charge in [-0.3, -0.25) is 24.8 Å². The number of unbranched alkanes of at least 4 members (excludes halogenated alkanes) is 1. The number of carbonyl (C=O) groups is 1. The number of amides is 1. The topological polar surface area (TPSA) is 97.6 Å². The van der Waals surface area contributed by atoms with Crippen molar-refractivity contribution in [3.63, 3.8) is 0 Å². The highest BCUT2D eigenvalue weighted by Crippen LogP contribution is 2.30. The summed E-state index contributed by atoms with van der Waals surface area (Å²) in [7, 11) is 0. The summed E-state index contributed by atoms with van der Waals surface area (Å²) in [6, 6.07) is 20.2. The predicted octanol–water partition coefficient (Wildman–Crippen LogP) is 7.64. The van der Waals surface area contributed by atoms with Crippen LogP contribution >= 0.6 is 11.8 Å². The van der Waals surface area contributed by atoms with Gasteiger partial charge in [-0.1, -0.05) is 24.3 Å². The van der Waals surface area contributed by atoms with Crippen molar-refractivity contribution in [1.82, 2.24) is 9.88 Å². The zero-order valence-electron chi connectivity index (χ0n) is 24.8. The molecule has 1 aliphatic carbocycles. The van der Waals surface area contributed by atoms with Gasteiger partial charge in [0.15, 0.2) is 0 Å². The Kier molecular flexibility index (Phi) is 10.3. The lowest BCUT2D eigenvalue weighted by Crippen LogP contribution is -2.24. The van der Waals surface area contributed by atoms with Gasteiger partial charge < -0.3 is 10.1 Å². The van der Waals surface area contributed by atoms with Gasteiger partial charge in [0, 0.05) is 47.6 Å². The first-order valence-electron chi connectivity index (χ1n) is 14.8. The van der Waals surface area contributed by atoms with E-state index in [2.05, 4.69) is 22.5 Å². The van der Waals surface area contributed by atoms with Gasteiger partial charge in [-0.15, -0.1) is 0 Å². The normalized spacial score (nSPS) is 12.9. The standard InChI is InChI=1S/C34H38N4O4S/c1-24-31(36-34(39)27-11-14-30(15-12-27)42-23-25-9-10-25)16-13-28-19-26(20-35-33(24)28)21-37(17-5-6-18-43-2)22-29-7-3-4-8-32(29)38(40)41/h3-4,7-8,11-16,19-20,25H,5-6,9-10,17-18,21-23H2,1-2H3,(H,36,39). The molecular formula is C34H38N4O4S. The number of anilines is 1. The zero-order valence-corrected chi connectivity index (χ0v) is 25.6. The van der Waals surface area contributed by atoms with Crippen LogP contribution in [0.5, 0.6) is 5.75 Å². The van der Waals surface area contributed by atoms with Crippen molar-refractivity contribution < 1.29 is 14.5 Å². The van der Waals surface area contributed by atoms with E-state index in [9.17, 15) is 14.9 Å². The molecule has 0 unspecified atom stereocenters. The summed E-state index contributed by atoms with van der Waals surface area (Å²) < 4.78 is 5.79. The summed E-state index contributed by atoms with van der Waals surface area (Å²) >= 11 is 1.83. The van der Waals surface area contributed by atoms with Crippen molar-refractivity contribution in [1.29, 1.82) is 0 Å². The number of pyridine rings is 1. The Labute approximate surface area is 257 Å². The van der Waals surface area contributed by atoms with Crippen LogP contribution in [0.1, 0.15) is 52.7 Å². The average Bonchev–Trinajstić information content (AvgIpc) is 3.85. The highest BCUT2D eigenvalue weighted by atomic mass is 32.2. The molecule has 9 heteroatoms. The second-order valence-electron chi connectivity index (χ2n) is 11.2. The van der Waals surface area contributed by atoms with Crippen molar-refractivity contribution in [3.05, 3.63) is 105 Å². The van der Waals surface area contributed by atoms with Crippen LogP contribution in [0.3, 0.4) is 0 Å². The van der Waals surface area contributed by atoms with Gasteiger partial charge in [0.2, 0.25) is 0 Å². The van der Waals surface area contributed by atoms with Crippen molar-refractivity contribution in [2.24, 2.45) is 5.92 Å². The molecule has 0 radical (unpaired) electrons. The van der Waals surface area contributed by atoms with Crippen molar-refractivity contribution in [2.45, 2.75) is 45.7 Å². The lowest BCUT2D eigenvalue weighted by atomic mass is 10.1. The Balaban J connectivity index is 1.28. The molecule has 224 valence electrons. The van der Waals surface area contributed by atoms with Crippen LogP contribution < -0.4 is 10.1 Å². The number of para-hydroxylation sites is 1. The van der Waals surface area contributed by atoms with E-state index in [-0.39, 0.29) is 16.5 Å². The van der Waals surface area contributed by atoms with E-state index in [4.69, 9.17) is 9.72 Å². The summed E-state index contributed by atoms with van der Waals surface area (Å²) in [6.45, 7) is 4.66.